The Bertz CT molecular complexity index is 1420. The molecule has 0 fully saturated rings. The maximum Gasteiger partial charge on any atom is 0.244 e. The molecule has 10 heteroatoms. The molecule has 214 valence electrons. The molecule has 0 unspecified atom stereocenters. The maximum atomic E-state index is 14.1. The predicted molar refractivity (Wildman–Crippen MR) is 162 cm³/mol. The molecule has 1 atom stereocenters. The Morgan fingerprint density at radius 3 is 2.27 bits per heavy atom. The summed E-state index contributed by atoms with van der Waals surface area (Å²) < 4.78 is 26.9. The van der Waals surface area contributed by atoms with E-state index in [4.69, 9.17) is 23.2 Å². The van der Waals surface area contributed by atoms with Crippen LogP contribution in [0.5, 0.6) is 0 Å². The van der Waals surface area contributed by atoms with E-state index in [9.17, 15) is 18.0 Å². The molecule has 3 aromatic carbocycles. The lowest BCUT2D eigenvalue weighted by Crippen LogP contribution is -2.53. The van der Waals surface area contributed by atoms with Crippen molar-refractivity contribution in [2.45, 2.75) is 45.7 Å². The Hall–Kier alpha value is -3.07. The van der Waals surface area contributed by atoms with Crippen LogP contribution < -0.4 is 9.62 Å². The van der Waals surface area contributed by atoms with Crippen LogP contribution in [0, 0.1) is 6.92 Å². The Balaban J connectivity index is 2.07. The first-order valence-corrected chi connectivity index (χ1v) is 15.7. The normalized spacial score (nSPS) is 12.0. The fourth-order valence-electron chi connectivity index (χ4n) is 4.33. The quantitative estimate of drug-likeness (QED) is 0.257. The summed E-state index contributed by atoms with van der Waals surface area (Å²) in [5, 5.41) is 3.73. The van der Waals surface area contributed by atoms with Crippen LogP contribution in [0.25, 0.3) is 0 Å². The van der Waals surface area contributed by atoms with Gasteiger partial charge in [0.25, 0.3) is 0 Å². The number of hydrogen-bond donors (Lipinski definition) is 1. The van der Waals surface area contributed by atoms with Gasteiger partial charge in [0, 0.05) is 29.6 Å². The van der Waals surface area contributed by atoms with Crippen molar-refractivity contribution in [1.29, 1.82) is 0 Å². The zero-order valence-electron chi connectivity index (χ0n) is 22.9. The first-order valence-electron chi connectivity index (χ1n) is 13.1. The fraction of sp³-hybridized carbons (Fsp3) is 0.333. The summed E-state index contributed by atoms with van der Waals surface area (Å²) in [5.41, 5.74) is 2.54. The number of nitrogens with one attached hydrogen (secondary N) is 1. The van der Waals surface area contributed by atoms with Gasteiger partial charge in [-0.3, -0.25) is 13.9 Å². The molecule has 0 saturated heterocycles. The smallest absolute Gasteiger partial charge is 0.244 e. The number of carbonyl (C=O) groups excluding carboxylic acids is 2. The van der Waals surface area contributed by atoms with E-state index in [1.807, 2.05) is 37.3 Å². The van der Waals surface area contributed by atoms with Gasteiger partial charge < -0.3 is 10.2 Å². The monoisotopic (exact) mass is 603 g/mol. The molecular weight excluding hydrogens is 569 g/mol. The molecule has 0 bridgehead atoms. The summed E-state index contributed by atoms with van der Waals surface area (Å²) in [6.07, 6.45) is 2.98. The van der Waals surface area contributed by atoms with Crippen LogP contribution in [0.3, 0.4) is 0 Å². The van der Waals surface area contributed by atoms with Gasteiger partial charge in [-0.25, -0.2) is 8.42 Å². The van der Waals surface area contributed by atoms with E-state index in [2.05, 4.69) is 5.32 Å². The third-order valence-corrected chi connectivity index (χ3v) is 8.23. The number of carbonyl (C=O) groups is 2. The minimum Gasteiger partial charge on any atom is -0.354 e. The highest BCUT2D eigenvalue weighted by molar-refractivity contribution is 7.92. The number of halogens is 2. The van der Waals surface area contributed by atoms with Crippen molar-refractivity contribution in [1.82, 2.24) is 10.2 Å². The second kappa shape index (κ2) is 14.5. The Morgan fingerprint density at radius 2 is 1.65 bits per heavy atom. The molecule has 0 aliphatic rings. The lowest BCUT2D eigenvalue weighted by molar-refractivity contribution is -0.140. The zero-order valence-corrected chi connectivity index (χ0v) is 25.3. The predicted octanol–water partition coefficient (Wildman–Crippen LogP) is 5.62. The molecular formula is C30H35Cl2N3O4S. The lowest BCUT2D eigenvalue weighted by Gasteiger charge is -2.34. The molecule has 0 heterocycles. The Labute approximate surface area is 247 Å². The number of sulfonamides is 1. The molecule has 0 aliphatic carbocycles. The first kappa shape index (κ1) is 31.5. The van der Waals surface area contributed by atoms with E-state index in [0.717, 1.165) is 29.0 Å². The van der Waals surface area contributed by atoms with Crippen LogP contribution >= 0.6 is 23.2 Å². The summed E-state index contributed by atoms with van der Waals surface area (Å²) in [6.45, 7) is 3.77. The first-order chi connectivity index (χ1) is 19.0. The summed E-state index contributed by atoms with van der Waals surface area (Å²) in [4.78, 5) is 29.1. The molecule has 3 aromatic rings. The van der Waals surface area contributed by atoms with Crippen molar-refractivity contribution in [3.63, 3.8) is 0 Å². The number of amides is 2. The van der Waals surface area contributed by atoms with E-state index in [0.29, 0.717) is 33.4 Å². The highest BCUT2D eigenvalue weighted by Crippen LogP contribution is 2.26. The van der Waals surface area contributed by atoms with Gasteiger partial charge >= 0.3 is 0 Å². The minimum atomic E-state index is -3.84. The number of benzene rings is 3. The average Bonchev–Trinajstić information content (AvgIpc) is 2.91. The molecule has 0 spiro atoms. The summed E-state index contributed by atoms with van der Waals surface area (Å²) >= 11 is 12.6. The molecule has 0 saturated carbocycles. The number of unbranched alkanes of at least 4 members (excludes halogenated alkanes) is 1. The fourth-order valence-corrected chi connectivity index (χ4v) is 5.71. The topological polar surface area (TPSA) is 86.8 Å². The average molecular weight is 605 g/mol. The standard InChI is InChI=1S/C30H35Cl2N3O4S/c1-4-5-17-33-30(37)28(18-23-12-7-6-8-13-23)34(20-24-15-16-25(31)19-26(24)32)29(36)21-35(40(3,38)39)27-14-10-9-11-22(27)2/h6-16,19,28H,4-5,17-18,20-21H2,1-3H3,(H,33,37)/t28-/m0/s1. The third-order valence-electron chi connectivity index (χ3n) is 6.52. The van der Waals surface area contributed by atoms with Gasteiger partial charge in [0.05, 0.1) is 11.9 Å². The molecule has 0 aliphatic heterocycles. The van der Waals surface area contributed by atoms with Crippen molar-refractivity contribution in [3.8, 4) is 0 Å². The molecule has 0 radical (unpaired) electrons. The van der Waals surface area contributed by atoms with Gasteiger partial charge in [0.2, 0.25) is 21.8 Å². The number of rotatable bonds is 13. The van der Waals surface area contributed by atoms with Crippen LogP contribution in [0.1, 0.15) is 36.5 Å². The minimum absolute atomic E-state index is 0.0150. The number of nitrogens with zero attached hydrogens (tertiary/aromatic N) is 2. The van der Waals surface area contributed by atoms with Crippen molar-refractivity contribution < 1.29 is 18.0 Å². The van der Waals surface area contributed by atoms with E-state index >= 15 is 0 Å². The Morgan fingerprint density at radius 1 is 0.975 bits per heavy atom. The summed E-state index contributed by atoms with van der Waals surface area (Å²) in [5.74, 6) is -0.858. The van der Waals surface area contributed by atoms with Crippen LogP contribution in [0.2, 0.25) is 10.0 Å². The van der Waals surface area contributed by atoms with Crippen molar-refractivity contribution in [2.24, 2.45) is 0 Å². The highest BCUT2D eigenvalue weighted by Gasteiger charge is 2.33. The SMILES string of the molecule is CCCCNC(=O)[C@H](Cc1ccccc1)N(Cc1ccc(Cl)cc1Cl)C(=O)CN(c1ccccc1C)S(C)(=O)=O. The molecule has 0 aromatic heterocycles. The molecule has 1 N–H and O–H groups in total. The van der Waals surface area contributed by atoms with Gasteiger partial charge in [-0.15, -0.1) is 0 Å². The van der Waals surface area contributed by atoms with Crippen molar-refractivity contribution >= 4 is 50.7 Å². The van der Waals surface area contributed by atoms with Crippen molar-refractivity contribution in [3.05, 3.63) is 99.5 Å². The third kappa shape index (κ3) is 8.71. The van der Waals surface area contributed by atoms with E-state index in [-0.39, 0.29) is 18.9 Å². The van der Waals surface area contributed by atoms with Gasteiger partial charge in [-0.05, 0) is 48.2 Å². The maximum absolute atomic E-state index is 14.1. The van der Waals surface area contributed by atoms with Crippen molar-refractivity contribution in [2.75, 3.05) is 23.7 Å². The van der Waals surface area contributed by atoms with Crippen LogP contribution in [0.15, 0.2) is 72.8 Å². The van der Waals surface area contributed by atoms with Gasteiger partial charge in [0.1, 0.15) is 12.6 Å². The second-order valence-electron chi connectivity index (χ2n) is 9.66. The number of aryl methyl sites for hydroxylation is 1. The molecule has 2 amide bonds. The lowest BCUT2D eigenvalue weighted by atomic mass is 10.0. The van der Waals surface area contributed by atoms with Gasteiger partial charge in [-0.1, -0.05) is 91.1 Å². The zero-order chi connectivity index (χ0) is 29.3. The van der Waals surface area contributed by atoms with Crippen LogP contribution in [-0.4, -0.2) is 50.5 Å². The number of para-hydroxylation sites is 1. The molecule has 3 rings (SSSR count). The van der Waals surface area contributed by atoms with E-state index in [1.54, 1.807) is 49.4 Å². The Kier molecular flexibility index (Phi) is 11.4. The van der Waals surface area contributed by atoms with Crippen LogP contribution in [-0.2, 0) is 32.6 Å². The molecule has 40 heavy (non-hydrogen) atoms. The van der Waals surface area contributed by atoms with Gasteiger partial charge in [0.15, 0.2) is 0 Å². The highest BCUT2D eigenvalue weighted by atomic mass is 35.5. The molecule has 7 nitrogen and oxygen atoms in total. The largest absolute Gasteiger partial charge is 0.354 e. The van der Waals surface area contributed by atoms with E-state index in [1.165, 1.54) is 4.90 Å². The summed E-state index contributed by atoms with van der Waals surface area (Å²) in [7, 11) is -3.84. The number of anilines is 1. The van der Waals surface area contributed by atoms with Gasteiger partial charge in [-0.2, -0.15) is 0 Å². The van der Waals surface area contributed by atoms with E-state index < -0.39 is 28.5 Å². The number of hydrogen-bond acceptors (Lipinski definition) is 4. The van der Waals surface area contributed by atoms with Crippen LogP contribution in [0.4, 0.5) is 5.69 Å². The summed E-state index contributed by atoms with van der Waals surface area (Å²) in [6, 6.07) is 20.4. The second-order valence-corrected chi connectivity index (χ2v) is 12.4.